The molecule has 1 saturated carbocycles. The number of carbonyl (C=O) groups excluding carboxylic acids is 1. The molecule has 2 fully saturated rings. The molecule has 1 saturated heterocycles. The molecule has 2 rings (SSSR count). The molecule has 4 atom stereocenters. The molecule has 0 bridgehead atoms. The second-order valence-corrected chi connectivity index (χ2v) is 4.42. The summed E-state index contributed by atoms with van der Waals surface area (Å²) in [4.78, 5) is 11.3. The first-order valence-corrected chi connectivity index (χ1v) is 5.30. The van der Waals surface area contributed by atoms with E-state index in [1.54, 1.807) is 0 Å². The minimum absolute atomic E-state index is 0.0969. The molecule has 1 aliphatic carbocycles. The number of methoxy groups -OCH3 is 1. The number of fused-ring (bicyclic) bond motifs is 1. The zero-order valence-corrected chi connectivity index (χ0v) is 8.53. The van der Waals surface area contributed by atoms with Gasteiger partial charge in [-0.3, -0.25) is 4.79 Å². The van der Waals surface area contributed by atoms with Crippen LogP contribution in [0.5, 0.6) is 0 Å². The maximum Gasteiger partial charge on any atom is 0.322 e. The zero-order chi connectivity index (χ0) is 10.1. The van der Waals surface area contributed by atoms with Crippen molar-refractivity contribution in [1.82, 2.24) is 5.32 Å². The molecule has 3 N–H and O–H groups in total. The van der Waals surface area contributed by atoms with Crippen molar-refractivity contribution in [3.63, 3.8) is 0 Å². The largest absolute Gasteiger partial charge is 0.468 e. The summed E-state index contributed by atoms with van der Waals surface area (Å²) in [6, 6.07) is 0.642. The van der Waals surface area contributed by atoms with E-state index >= 15 is 0 Å². The third-order valence-electron chi connectivity index (χ3n) is 3.47. The van der Waals surface area contributed by atoms with Crippen molar-refractivity contribution in [2.75, 3.05) is 7.11 Å². The first-order chi connectivity index (χ1) is 6.70. The van der Waals surface area contributed by atoms with E-state index in [-0.39, 0.29) is 12.0 Å². The molecule has 0 amide bonds. The highest BCUT2D eigenvalue weighted by Crippen LogP contribution is 2.32. The van der Waals surface area contributed by atoms with Gasteiger partial charge in [0.05, 0.1) is 7.11 Å². The second-order valence-electron chi connectivity index (χ2n) is 4.42. The number of carbonyl (C=O) groups is 1. The molecule has 1 aliphatic heterocycles. The number of nitrogens with one attached hydrogen (secondary N) is 1. The Hall–Kier alpha value is -0.610. The molecule has 0 spiro atoms. The summed E-state index contributed by atoms with van der Waals surface area (Å²) in [5.41, 5.74) is 5.89. The van der Waals surface area contributed by atoms with Gasteiger partial charge in [0, 0.05) is 12.1 Å². The fourth-order valence-electron chi connectivity index (χ4n) is 2.69. The molecule has 0 aromatic rings. The molecule has 1 heterocycles. The Kier molecular flexibility index (Phi) is 2.74. The molecule has 4 nitrogen and oxygen atoms in total. The summed E-state index contributed by atoms with van der Waals surface area (Å²) in [6.07, 6.45) is 4.16. The highest BCUT2D eigenvalue weighted by atomic mass is 16.5. The van der Waals surface area contributed by atoms with Crippen molar-refractivity contribution >= 4 is 5.97 Å². The number of rotatable bonds is 1. The van der Waals surface area contributed by atoms with Crippen LogP contribution in [0.25, 0.3) is 0 Å². The summed E-state index contributed by atoms with van der Waals surface area (Å²) >= 11 is 0. The van der Waals surface area contributed by atoms with Gasteiger partial charge in [-0.15, -0.1) is 0 Å². The molecule has 2 aliphatic rings. The number of hydrogen-bond acceptors (Lipinski definition) is 4. The Bertz CT molecular complexity index is 232. The zero-order valence-electron chi connectivity index (χ0n) is 8.53. The topological polar surface area (TPSA) is 64.3 Å². The van der Waals surface area contributed by atoms with Crippen LogP contribution in [0.15, 0.2) is 0 Å². The summed E-state index contributed by atoms with van der Waals surface area (Å²) in [7, 11) is 1.44. The van der Waals surface area contributed by atoms with Crippen LogP contribution in [0.2, 0.25) is 0 Å². The van der Waals surface area contributed by atoms with E-state index in [2.05, 4.69) is 5.32 Å². The fourth-order valence-corrected chi connectivity index (χ4v) is 2.69. The summed E-state index contributed by atoms with van der Waals surface area (Å²) < 4.78 is 4.73. The highest BCUT2D eigenvalue weighted by molar-refractivity contribution is 5.76. The monoisotopic (exact) mass is 198 g/mol. The normalized spacial score (nSPS) is 41.9. The van der Waals surface area contributed by atoms with Crippen molar-refractivity contribution in [3.05, 3.63) is 0 Å². The number of esters is 1. The first-order valence-electron chi connectivity index (χ1n) is 5.30. The van der Waals surface area contributed by atoms with Gasteiger partial charge in [-0.25, -0.2) is 0 Å². The molecular weight excluding hydrogens is 180 g/mol. The van der Waals surface area contributed by atoms with Gasteiger partial charge in [-0.1, -0.05) is 0 Å². The standard InChI is InChI=1S/C10H18N2O2/c1-14-10(13)9-4-6-2-3-7(11)5-8(6)12-9/h6-9,12H,2-5,11H2,1H3. The fraction of sp³-hybridized carbons (Fsp3) is 0.900. The third-order valence-corrected chi connectivity index (χ3v) is 3.47. The van der Waals surface area contributed by atoms with Gasteiger partial charge < -0.3 is 15.8 Å². The maximum atomic E-state index is 11.3. The SMILES string of the molecule is COC(=O)C1CC2CCC(N)CC2N1. The Morgan fingerprint density at radius 3 is 2.93 bits per heavy atom. The highest BCUT2D eigenvalue weighted by Gasteiger charge is 2.40. The van der Waals surface area contributed by atoms with Crippen LogP contribution in [0.3, 0.4) is 0 Å². The van der Waals surface area contributed by atoms with Crippen LogP contribution in [-0.4, -0.2) is 31.2 Å². The number of ether oxygens (including phenoxy) is 1. The average molecular weight is 198 g/mol. The predicted octanol–water partition coefficient (Wildman–Crippen LogP) is 0.0173. The Morgan fingerprint density at radius 2 is 2.21 bits per heavy atom. The van der Waals surface area contributed by atoms with Gasteiger partial charge >= 0.3 is 5.97 Å². The molecular formula is C10H18N2O2. The maximum absolute atomic E-state index is 11.3. The predicted molar refractivity (Wildman–Crippen MR) is 52.7 cm³/mol. The molecule has 14 heavy (non-hydrogen) atoms. The summed E-state index contributed by atoms with van der Waals surface area (Å²) in [6.45, 7) is 0. The molecule has 4 unspecified atom stereocenters. The lowest BCUT2D eigenvalue weighted by Crippen LogP contribution is -2.42. The average Bonchev–Trinajstić information content (AvgIpc) is 2.59. The van der Waals surface area contributed by atoms with E-state index in [1.165, 1.54) is 7.11 Å². The van der Waals surface area contributed by atoms with E-state index in [0.29, 0.717) is 18.0 Å². The van der Waals surface area contributed by atoms with Crippen LogP contribution < -0.4 is 11.1 Å². The van der Waals surface area contributed by atoms with E-state index in [0.717, 1.165) is 25.7 Å². The number of hydrogen-bond donors (Lipinski definition) is 2. The van der Waals surface area contributed by atoms with Crippen LogP contribution in [0, 0.1) is 5.92 Å². The quantitative estimate of drug-likeness (QED) is 0.583. The van der Waals surface area contributed by atoms with E-state index in [4.69, 9.17) is 10.5 Å². The summed E-state index contributed by atoms with van der Waals surface area (Å²) in [5, 5.41) is 3.32. The van der Waals surface area contributed by atoms with Crippen LogP contribution in [0.1, 0.15) is 25.7 Å². The molecule has 4 heteroatoms. The molecule has 80 valence electrons. The van der Waals surface area contributed by atoms with Gasteiger partial charge in [0.2, 0.25) is 0 Å². The third kappa shape index (κ3) is 1.77. The lowest BCUT2D eigenvalue weighted by molar-refractivity contribution is -0.142. The van der Waals surface area contributed by atoms with E-state index in [9.17, 15) is 4.79 Å². The Morgan fingerprint density at radius 1 is 1.43 bits per heavy atom. The molecule has 0 radical (unpaired) electrons. The van der Waals surface area contributed by atoms with Crippen molar-refractivity contribution < 1.29 is 9.53 Å². The molecule has 0 aromatic heterocycles. The smallest absolute Gasteiger partial charge is 0.322 e. The molecule has 0 aromatic carbocycles. The number of nitrogens with two attached hydrogens (primary N) is 1. The van der Waals surface area contributed by atoms with Gasteiger partial charge in [-0.05, 0) is 31.6 Å². The van der Waals surface area contributed by atoms with Crippen LogP contribution >= 0.6 is 0 Å². The Labute approximate surface area is 84.2 Å². The second kappa shape index (κ2) is 3.87. The Balaban J connectivity index is 1.95. The van der Waals surface area contributed by atoms with Crippen LogP contribution in [-0.2, 0) is 9.53 Å². The summed E-state index contributed by atoms with van der Waals surface area (Å²) in [5.74, 6) is 0.492. The van der Waals surface area contributed by atoms with Gasteiger partial charge in [0.25, 0.3) is 0 Å². The van der Waals surface area contributed by atoms with Crippen molar-refractivity contribution in [3.8, 4) is 0 Å². The van der Waals surface area contributed by atoms with Crippen LogP contribution in [0.4, 0.5) is 0 Å². The van der Waals surface area contributed by atoms with Gasteiger partial charge in [0.1, 0.15) is 6.04 Å². The lowest BCUT2D eigenvalue weighted by Gasteiger charge is -2.29. The van der Waals surface area contributed by atoms with Crippen molar-refractivity contribution in [1.29, 1.82) is 0 Å². The van der Waals surface area contributed by atoms with E-state index < -0.39 is 0 Å². The van der Waals surface area contributed by atoms with Gasteiger partial charge in [0.15, 0.2) is 0 Å². The first kappa shape index (κ1) is 9.93. The lowest BCUT2D eigenvalue weighted by atomic mass is 9.82. The minimum atomic E-state index is -0.132. The van der Waals surface area contributed by atoms with Crippen molar-refractivity contribution in [2.24, 2.45) is 11.7 Å². The van der Waals surface area contributed by atoms with Crippen molar-refractivity contribution in [2.45, 2.75) is 43.8 Å². The minimum Gasteiger partial charge on any atom is -0.468 e. The van der Waals surface area contributed by atoms with Gasteiger partial charge in [-0.2, -0.15) is 0 Å². The van der Waals surface area contributed by atoms with E-state index in [1.807, 2.05) is 0 Å².